The van der Waals surface area contributed by atoms with Crippen molar-refractivity contribution in [3.8, 4) is 0 Å². The van der Waals surface area contributed by atoms with E-state index >= 15 is 0 Å². The lowest BCUT2D eigenvalue weighted by Gasteiger charge is -2.05. The molecule has 9 nitrogen and oxygen atoms in total. The van der Waals surface area contributed by atoms with E-state index in [1.807, 2.05) is 0 Å². The minimum absolute atomic E-state index is 0.0803. The van der Waals surface area contributed by atoms with Crippen LogP contribution in [0.25, 0.3) is 0 Å². The number of nitro groups is 2. The van der Waals surface area contributed by atoms with Crippen molar-refractivity contribution in [2.75, 3.05) is 0 Å². The summed E-state index contributed by atoms with van der Waals surface area (Å²) < 4.78 is 0.915. The molecule has 0 saturated heterocycles. The first-order chi connectivity index (χ1) is 9.88. The highest BCUT2D eigenvalue weighted by Crippen LogP contribution is 2.15. The molecular formula is C12H10N4O5. The lowest BCUT2D eigenvalue weighted by molar-refractivity contribution is -0.395. The molecule has 0 spiro atoms. The minimum Gasteiger partial charge on any atom is -0.297 e. The molecule has 21 heavy (non-hydrogen) atoms. The number of aryl methyl sites for hydroxylation is 1. The van der Waals surface area contributed by atoms with Gasteiger partial charge in [0.2, 0.25) is 0 Å². The maximum absolute atomic E-state index is 11.9. The zero-order chi connectivity index (χ0) is 15.6. The van der Waals surface area contributed by atoms with Gasteiger partial charge in [-0.2, -0.15) is 0 Å². The maximum atomic E-state index is 11.9. The van der Waals surface area contributed by atoms with Crippen LogP contribution in [0.5, 0.6) is 0 Å². The number of pyridine rings is 2. The number of hydrogen-bond acceptors (Lipinski definition) is 6. The molecule has 0 amide bonds. The fourth-order valence-corrected chi connectivity index (χ4v) is 1.81. The van der Waals surface area contributed by atoms with E-state index in [0.29, 0.717) is 17.5 Å². The summed E-state index contributed by atoms with van der Waals surface area (Å²) in [5.41, 5.74) is -1.08. The topological polar surface area (TPSA) is 121 Å². The molecule has 0 unspecified atom stereocenters. The van der Waals surface area contributed by atoms with E-state index in [-0.39, 0.29) is 6.54 Å². The predicted molar refractivity (Wildman–Crippen MR) is 72.1 cm³/mol. The van der Waals surface area contributed by atoms with Gasteiger partial charge in [-0.25, -0.2) is 0 Å². The average molecular weight is 290 g/mol. The second-order valence-corrected chi connectivity index (χ2v) is 4.30. The molecule has 0 bridgehead atoms. The third kappa shape index (κ3) is 3.08. The molecule has 0 aliphatic heterocycles. The van der Waals surface area contributed by atoms with Gasteiger partial charge in [0.25, 0.3) is 5.69 Å². The van der Waals surface area contributed by atoms with Crippen molar-refractivity contribution in [2.45, 2.75) is 13.5 Å². The van der Waals surface area contributed by atoms with Crippen molar-refractivity contribution in [3.63, 3.8) is 0 Å². The van der Waals surface area contributed by atoms with Gasteiger partial charge < -0.3 is 0 Å². The second kappa shape index (κ2) is 5.49. The molecule has 0 aliphatic carbocycles. The van der Waals surface area contributed by atoms with E-state index < -0.39 is 26.8 Å². The Morgan fingerprint density at radius 2 is 1.95 bits per heavy atom. The van der Waals surface area contributed by atoms with Crippen LogP contribution in [0.3, 0.4) is 0 Å². The van der Waals surface area contributed by atoms with Crippen LogP contribution in [0.1, 0.15) is 11.4 Å². The van der Waals surface area contributed by atoms with Crippen LogP contribution in [-0.4, -0.2) is 19.4 Å². The highest BCUT2D eigenvalue weighted by molar-refractivity contribution is 5.39. The van der Waals surface area contributed by atoms with Gasteiger partial charge in [-0.3, -0.25) is 34.6 Å². The molecule has 0 saturated carbocycles. The lowest BCUT2D eigenvalue weighted by Crippen LogP contribution is -2.23. The fraction of sp³-hybridized carbons (Fsp3) is 0.167. The van der Waals surface area contributed by atoms with E-state index in [1.165, 1.54) is 0 Å². The Kier molecular flexibility index (Phi) is 3.74. The van der Waals surface area contributed by atoms with E-state index in [9.17, 15) is 25.0 Å². The standard InChI is InChI=1S/C12H10N4O5/c1-8-3-2-4-9(13-8)6-14-7-10(15(18)19)5-11(12(14)17)16(20)21/h2-5,7H,6H2,1H3. The average Bonchev–Trinajstić information content (AvgIpc) is 2.40. The van der Waals surface area contributed by atoms with Crippen molar-refractivity contribution in [1.29, 1.82) is 0 Å². The molecule has 0 aromatic carbocycles. The molecule has 9 heteroatoms. The Bertz CT molecular complexity index is 783. The molecule has 2 aromatic heterocycles. The zero-order valence-corrected chi connectivity index (χ0v) is 10.9. The van der Waals surface area contributed by atoms with E-state index in [2.05, 4.69) is 4.98 Å². The summed E-state index contributed by atoms with van der Waals surface area (Å²) in [5.74, 6) is 0. The number of aromatic nitrogens is 2. The van der Waals surface area contributed by atoms with Crippen LogP contribution < -0.4 is 5.56 Å². The summed E-state index contributed by atoms with van der Waals surface area (Å²) in [6, 6.07) is 5.75. The third-order valence-corrected chi connectivity index (χ3v) is 2.74. The molecule has 0 atom stereocenters. The summed E-state index contributed by atoms with van der Waals surface area (Å²) in [6.45, 7) is 1.67. The first-order valence-electron chi connectivity index (χ1n) is 5.84. The van der Waals surface area contributed by atoms with E-state index in [4.69, 9.17) is 0 Å². The number of nitrogens with zero attached hydrogens (tertiary/aromatic N) is 4. The third-order valence-electron chi connectivity index (χ3n) is 2.74. The summed E-state index contributed by atoms with van der Waals surface area (Å²) in [5, 5.41) is 21.6. The summed E-state index contributed by atoms with van der Waals surface area (Å²) in [4.78, 5) is 36.0. The van der Waals surface area contributed by atoms with Gasteiger partial charge in [-0.05, 0) is 19.1 Å². The van der Waals surface area contributed by atoms with Crippen LogP contribution in [0.2, 0.25) is 0 Å². The van der Waals surface area contributed by atoms with Crippen LogP contribution >= 0.6 is 0 Å². The van der Waals surface area contributed by atoms with Crippen molar-refractivity contribution in [1.82, 2.24) is 9.55 Å². The Morgan fingerprint density at radius 1 is 1.24 bits per heavy atom. The van der Waals surface area contributed by atoms with Gasteiger partial charge in [0.1, 0.15) is 6.07 Å². The molecule has 0 N–H and O–H groups in total. The Morgan fingerprint density at radius 3 is 2.52 bits per heavy atom. The van der Waals surface area contributed by atoms with Gasteiger partial charge in [-0.15, -0.1) is 0 Å². The first kappa shape index (κ1) is 14.3. The fourth-order valence-electron chi connectivity index (χ4n) is 1.81. The van der Waals surface area contributed by atoms with E-state index in [1.54, 1.807) is 25.1 Å². The monoisotopic (exact) mass is 290 g/mol. The molecule has 2 rings (SSSR count). The van der Waals surface area contributed by atoms with Crippen molar-refractivity contribution < 1.29 is 9.85 Å². The summed E-state index contributed by atoms with van der Waals surface area (Å²) in [6.07, 6.45) is 0.972. The van der Waals surface area contributed by atoms with Crippen LogP contribution in [0, 0.1) is 27.2 Å². The van der Waals surface area contributed by atoms with Gasteiger partial charge in [-0.1, -0.05) is 6.07 Å². The molecule has 2 heterocycles. The van der Waals surface area contributed by atoms with Crippen LogP contribution in [0.15, 0.2) is 35.3 Å². The normalized spacial score (nSPS) is 10.3. The number of hydrogen-bond donors (Lipinski definition) is 0. The Balaban J connectivity index is 2.54. The van der Waals surface area contributed by atoms with Crippen LogP contribution in [-0.2, 0) is 6.54 Å². The molecule has 0 radical (unpaired) electrons. The minimum atomic E-state index is -0.935. The predicted octanol–water partition coefficient (Wildman–Crippen LogP) is 1.42. The van der Waals surface area contributed by atoms with Gasteiger partial charge in [0.05, 0.1) is 28.3 Å². The maximum Gasteiger partial charge on any atom is 0.340 e. The van der Waals surface area contributed by atoms with Gasteiger partial charge in [0.15, 0.2) is 0 Å². The van der Waals surface area contributed by atoms with Crippen molar-refractivity contribution in [2.24, 2.45) is 0 Å². The first-order valence-corrected chi connectivity index (χ1v) is 5.84. The largest absolute Gasteiger partial charge is 0.340 e. The highest BCUT2D eigenvalue weighted by Gasteiger charge is 2.21. The summed E-state index contributed by atoms with van der Waals surface area (Å²) in [7, 11) is 0. The smallest absolute Gasteiger partial charge is 0.297 e. The van der Waals surface area contributed by atoms with Crippen molar-refractivity contribution in [3.05, 3.63) is 72.4 Å². The van der Waals surface area contributed by atoms with Crippen molar-refractivity contribution >= 4 is 11.4 Å². The quantitative estimate of drug-likeness (QED) is 0.620. The van der Waals surface area contributed by atoms with Gasteiger partial charge in [0, 0.05) is 5.69 Å². The Hall–Kier alpha value is -3.10. The van der Waals surface area contributed by atoms with E-state index in [0.717, 1.165) is 10.8 Å². The lowest BCUT2D eigenvalue weighted by atomic mass is 10.3. The SMILES string of the molecule is Cc1cccc(Cn2cc([N+](=O)[O-])cc([N+](=O)[O-])c2=O)n1. The molecule has 2 aromatic rings. The number of rotatable bonds is 4. The molecule has 0 aliphatic rings. The highest BCUT2D eigenvalue weighted by atomic mass is 16.6. The van der Waals surface area contributed by atoms with Gasteiger partial charge >= 0.3 is 11.2 Å². The molecular weight excluding hydrogens is 280 g/mol. The second-order valence-electron chi connectivity index (χ2n) is 4.30. The molecule has 108 valence electrons. The Labute approximate surface area is 117 Å². The summed E-state index contributed by atoms with van der Waals surface area (Å²) >= 11 is 0. The molecule has 0 fully saturated rings. The zero-order valence-electron chi connectivity index (χ0n) is 10.9. The van der Waals surface area contributed by atoms with Crippen LogP contribution in [0.4, 0.5) is 11.4 Å².